The normalized spacial score (nSPS) is 7.87. The Morgan fingerprint density at radius 2 is 1.35 bits per heavy atom. The van der Waals surface area contributed by atoms with E-state index < -0.39 is 0 Å². The molecule has 2 aromatic carbocycles. The predicted molar refractivity (Wildman–Crippen MR) is 107 cm³/mol. The summed E-state index contributed by atoms with van der Waals surface area (Å²) in [6.07, 6.45) is 0. The second kappa shape index (κ2) is 20.3. The van der Waals surface area contributed by atoms with Gasteiger partial charge in [-0.25, -0.2) is 0 Å². The lowest BCUT2D eigenvalue weighted by Crippen LogP contribution is -2.14. The van der Waals surface area contributed by atoms with Gasteiger partial charge >= 0.3 is 0 Å². The van der Waals surface area contributed by atoms with Gasteiger partial charge in [0.25, 0.3) is 0 Å². The number of likely N-dealkylation sites (N-methyl/N-ethyl adjacent to an activating group) is 1. The maximum absolute atomic E-state index is 9.98. The standard InChI is InChI=1S/C11H10.C4H9NO.3C2H6/c1-9-6-7-10-4-2-3-5-11(10)8-9;1-4(6)3-5-2;3*1-2/h2-8H,1H3;5H,3H2,1-2H3;3*1-2H3. The number of nitrogens with one attached hydrogen (secondary N) is 1. The van der Waals surface area contributed by atoms with Gasteiger partial charge in [-0.15, -0.1) is 0 Å². The number of hydrogen-bond donors (Lipinski definition) is 1. The molecule has 0 saturated carbocycles. The molecule has 0 spiro atoms. The Morgan fingerprint density at radius 1 is 0.870 bits per heavy atom. The van der Waals surface area contributed by atoms with Crippen molar-refractivity contribution in [3.05, 3.63) is 48.0 Å². The molecule has 0 aromatic heterocycles. The van der Waals surface area contributed by atoms with Gasteiger partial charge in [0, 0.05) is 0 Å². The molecule has 0 saturated heterocycles. The molecule has 0 fully saturated rings. The van der Waals surface area contributed by atoms with Crippen LogP contribution in [0.1, 0.15) is 54.0 Å². The number of benzene rings is 2. The van der Waals surface area contributed by atoms with Crippen LogP contribution < -0.4 is 5.32 Å². The number of rotatable bonds is 2. The summed E-state index contributed by atoms with van der Waals surface area (Å²) < 4.78 is 0. The summed E-state index contributed by atoms with van der Waals surface area (Å²) in [4.78, 5) is 9.98. The van der Waals surface area contributed by atoms with E-state index in [1.807, 2.05) is 41.5 Å². The van der Waals surface area contributed by atoms with Crippen LogP contribution in [0.5, 0.6) is 0 Å². The van der Waals surface area contributed by atoms with E-state index in [2.05, 4.69) is 54.7 Å². The number of ketones is 1. The summed E-state index contributed by atoms with van der Waals surface area (Å²) in [5.74, 6) is 0.178. The Labute approximate surface area is 144 Å². The quantitative estimate of drug-likeness (QED) is 0.733. The zero-order chi connectivity index (χ0) is 18.7. The Hall–Kier alpha value is -1.67. The van der Waals surface area contributed by atoms with Crippen molar-refractivity contribution in [2.24, 2.45) is 0 Å². The largest absolute Gasteiger partial charge is 0.313 e. The Kier molecular flexibility index (Phi) is 23.2. The van der Waals surface area contributed by atoms with Gasteiger partial charge in [0.15, 0.2) is 0 Å². The third-order valence-corrected chi connectivity index (χ3v) is 2.33. The number of carbonyl (C=O) groups is 1. The SMILES string of the molecule is CC.CC.CC.CNCC(C)=O.Cc1ccc2ccccc2c1. The zero-order valence-corrected chi connectivity index (χ0v) is 16.7. The van der Waals surface area contributed by atoms with Gasteiger partial charge in [-0.3, -0.25) is 4.79 Å². The highest BCUT2D eigenvalue weighted by atomic mass is 16.1. The van der Waals surface area contributed by atoms with E-state index in [1.54, 1.807) is 14.0 Å². The number of fused-ring (bicyclic) bond motifs is 1. The minimum Gasteiger partial charge on any atom is -0.313 e. The van der Waals surface area contributed by atoms with Crippen molar-refractivity contribution < 1.29 is 4.79 Å². The fourth-order valence-electron chi connectivity index (χ4n) is 1.56. The van der Waals surface area contributed by atoms with Crippen molar-refractivity contribution in [2.45, 2.75) is 55.4 Å². The lowest BCUT2D eigenvalue weighted by Gasteiger charge is -1.96. The minimum absolute atomic E-state index is 0.178. The molecule has 0 heterocycles. The lowest BCUT2D eigenvalue weighted by molar-refractivity contribution is -0.116. The zero-order valence-electron chi connectivity index (χ0n) is 16.7. The molecule has 132 valence electrons. The first-order valence-electron chi connectivity index (χ1n) is 8.73. The van der Waals surface area contributed by atoms with Crippen molar-refractivity contribution in [1.82, 2.24) is 5.32 Å². The molecule has 0 aliphatic carbocycles. The predicted octanol–water partition coefficient (Wildman–Crippen LogP) is 6.02. The van der Waals surface area contributed by atoms with Gasteiger partial charge in [-0.1, -0.05) is 89.6 Å². The van der Waals surface area contributed by atoms with E-state index >= 15 is 0 Å². The Balaban J connectivity index is -0.000000287. The summed E-state index contributed by atoms with van der Waals surface area (Å²) >= 11 is 0. The Bertz CT molecular complexity index is 492. The highest BCUT2D eigenvalue weighted by Gasteiger charge is 1.89. The van der Waals surface area contributed by atoms with Crippen LogP contribution in [0, 0.1) is 6.92 Å². The maximum Gasteiger partial charge on any atom is 0.143 e. The average Bonchev–Trinajstić information content (AvgIpc) is 2.60. The second-order valence-electron chi connectivity index (χ2n) is 4.08. The molecule has 0 unspecified atom stereocenters. The molecule has 2 heteroatoms. The summed E-state index contributed by atoms with van der Waals surface area (Å²) in [5.41, 5.74) is 1.32. The van der Waals surface area contributed by atoms with Crippen molar-refractivity contribution in [2.75, 3.05) is 13.6 Å². The van der Waals surface area contributed by atoms with Gasteiger partial charge in [0.1, 0.15) is 5.78 Å². The average molecular weight is 320 g/mol. The molecular weight excluding hydrogens is 282 g/mol. The monoisotopic (exact) mass is 319 g/mol. The van der Waals surface area contributed by atoms with Crippen molar-refractivity contribution in [1.29, 1.82) is 0 Å². The van der Waals surface area contributed by atoms with E-state index in [-0.39, 0.29) is 5.78 Å². The molecule has 0 amide bonds. The van der Waals surface area contributed by atoms with Crippen LogP contribution in [0.2, 0.25) is 0 Å². The molecule has 2 nitrogen and oxygen atoms in total. The van der Waals surface area contributed by atoms with Gasteiger partial charge in [0.2, 0.25) is 0 Å². The number of carbonyl (C=O) groups excluding carboxylic acids is 1. The first kappa shape index (κ1) is 26.2. The van der Waals surface area contributed by atoms with Gasteiger partial charge in [0.05, 0.1) is 6.54 Å². The summed E-state index contributed by atoms with van der Waals surface area (Å²) in [5, 5.41) is 5.36. The summed E-state index contributed by atoms with van der Waals surface area (Å²) in [6, 6.07) is 14.9. The first-order valence-corrected chi connectivity index (χ1v) is 8.73. The minimum atomic E-state index is 0.178. The van der Waals surface area contributed by atoms with Gasteiger partial charge in [-0.05, 0) is 31.7 Å². The van der Waals surface area contributed by atoms with Crippen molar-refractivity contribution in [3.8, 4) is 0 Å². The maximum atomic E-state index is 9.98. The van der Waals surface area contributed by atoms with E-state index in [4.69, 9.17) is 0 Å². The van der Waals surface area contributed by atoms with Crippen molar-refractivity contribution in [3.63, 3.8) is 0 Å². The molecule has 1 N–H and O–H groups in total. The number of hydrogen-bond acceptors (Lipinski definition) is 2. The third kappa shape index (κ3) is 15.0. The van der Waals surface area contributed by atoms with Crippen LogP contribution in [0.25, 0.3) is 10.8 Å². The van der Waals surface area contributed by atoms with Gasteiger partial charge in [-0.2, -0.15) is 0 Å². The van der Waals surface area contributed by atoms with Crippen LogP contribution in [0.15, 0.2) is 42.5 Å². The molecule has 0 radical (unpaired) electrons. The fourth-order valence-corrected chi connectivity index (χ4v) is 1.56. The van der Waals surface area contributed by atoms with Crippen LogP contribution in [0.3, 0.4) is 0 Å². The second-order valence-corrected chi connectivity index (χ2v) is 4.08. The van der Waals surface area contributed by atoms with Crippen molar-refractivity contribution >= 4 is 16.6 Å². The van der Waals surface area contributed by atoms with E-state index in [9.17, 15) is 4.79 Å². The lowest BCUT2D eigenvalue weighted by atomic mass is 10.1. The van der Waals surface area contributed by atoms with E-state index in [1.165, 1.54) is 16.3 Å². The molecule has 2 rings (SSSR count). The molecule has 0 bridgehead atoms. The highest BCUT2D eigenvalue weighted by molar-refractivity contribution is 5.82. The van der Waals surface area contributed by atoms with Gasteiger partial charge < -0.3 is 5.32 Å². The van der Waals surface area contributed by atoms with Crippen LogP contribution >= 0.6 is 0 Å². The highest BCUT2D eigenvalue weighted by Crippen LogP contribution is 2.14. The van der Waals surface area contributed by atoms with Crippen LogP contribution in [-0.2, 0) is 4.79 Å². The summed E-state index contributed by atoms with van der Waals surface area (Å²) in [7, 11) is 1.75. The van der Waals surface area contributed by atoms with E-state index in [0.717, 1.165) is 0 Å². The summed E-state index contributed by atoms with van der Waals surface area (Å²) in [6.45, 7) is 16.2. The molecule has 0 atom stereocenters. The number of Topliss-reactive ketones (excluding diaryl/α,β-unsaturated/α-hetero) is 1. The van der Waals surface area contributed by atoms with Crippen LogP contribution in [0.4, 0.5) is 0 Å². The topological polar surface area (TPSA) is 29.1 Å². The molecular formula is C21H37NO. The third-order valence-electron chi connectivity index (χ3n) is 2.33. The molecule has 0 aliphatic heterocycles. The van der Waals surface area contributed by atoms with Crippen LogP contribution in [-0.4, -0.2) is 19.4 Å². The number of aryl methyl sites for hydroxylation is 1. The first-order chi connectivity index (χ1) is 11.1. The molecule has 23 heavy (non-hydrogen) atoms. The van der Waals surface area contributed by atoms with E-state index in [0.29, 0.717) is 6.54 Å². The fraction of sp³-hybridized carbons (Fsp3) is 0.476. The molecule has 0 aliphatic rings. The Morgan fingerprint density at radius 3 is 1.74 bits per heavy atom. The molecule has 2 aromatic rings. The smallest absolute Gasteiger partial charge is 0.143 e.